The van der Waals surface area contributed by atoms with Gasteiger partial charge in [0, 0.05) is 35.8 Å². The monoisotopic (exact) mass is 433 g/mol. The molecule has 0 spiro atoms. The molecule has 0 saturated carbocycles. The predicted molar refractivity (Wildman–Crippen MR) is 121 cm³/mol. The molecular weight excluding hydrogens is 410 g/mol. The number of ether oxygens (including phenoxy) is 1. The summed E-state index contributed by atoms with van der Waals surface area (Å²) in [5.74, 6) is 0.0598. The van der Waals surface area contributed by atoms with Crippen LogP contribution in [0.4, 0.5) is 5.69 Å². The van der Waals surface area contributed by atoms with Gasteiger partial charge in [0.25, 0.3) is 5.69 Å². The van der Waals surface area contributed by atoms with E-state index in [0.29, 0.717) is 23.6 Å². The molecule has 8 nitrogen and oxygen atoms in total. The van der Waals surface area contributed by atoms with Crippen molar-refractivity contribution in [3.8, 4) is 11.5 Å². The predicted octanol–water partition coefficient (Wildman–Crippen LogP) is 5.65. The minimum atomic E-state index is -0.447. The van der Waals surface area contributed by atoms with E-state index in [0.717, 1.165) is 48.7 Å². The second kappa shape index (κ2) is 9.47. The van der Waals surface area contributed by atoms with Crippen molar-refractivity contribution in [2.45, 2.75) is 32.2 Å². The molecule has 2 heterocycles. The number of nitrogens with zero attached hydrogens (tertiary/aromatic N) is 3. The lowest BCUT2D eigenvalue weighted by atomic mass is 10.2. The van der Waals surface area contributed by atoms with Gasteiger partial charge < -0.3 is 13.7 Å². The van der Waals surface area contributed by atoms with E-state index >= 15 is 0 Å². The summed E-state index contributed by atoms with van der Waals surface area (Å²) in [5.41, 5.74) is 2.89. The minimum absolute atomic E-state index is 0.0260. The maximum atomic E-state index is 11.0. The highest BCUT2D eigenvalue weighted by Crippen LogP contribution is 2.33. The molecule has 0 aliphatic rings. The van der Waals surface area contributed by atoms with Gasteiger partial charge in [0.05, 0.1) is 23.2 Å². The lowest BCUT2D eigenvalue weighted by Crippen LogP contribution is -2.02. The number of unbranched alkanes of at least 4 members (excludes halogenated alkanes) is 3. The molecular formula is C24H23N3O5. The number of carbonyl (C=O) groups excluding carboxylic acids is 1. The zero-order chi connectivity index (χ0) is 22.5. The van der Waals surface area contributed by atoms with Gasteiger partial charge in [-0.2, -0.15) is 0 Å². The number of nitro benzene ring substituents is 1. The maximum absolute atomic E-state index is 11.0. The van der Waals surface area contributed by atoms with Gasteiger partial charge in [-0.15, -0.1) is 0 Å². The normalized spacial score (nSPS) is 11.1. The van der Waals surface area contributed by atoms with Crippen molar-refractivity contribution in [2.24, 2.45) is 0 Å². The molecule has 8 heteroatoms. The Morgan fingerprint density at radius 2 is 2.00 bits per heavy atom. The van der Waals surface area contributed by atoms with Crippen LogP contribution in [0.25, 0.3) is 33.5 Å². The topological polar surface area (TPSA) is 100 Å². The fraction of sp³-hybridized carbons (Fsp3) is 0.250. The summed E-state index contributed by atoms with van der Waals surface area (Å²) in [6.45, 7) is 4.62. The number of aromatic nitrogens is 2. The maximum Gasteiger partial charge on any atom is 0.330 e. The number of hydrogen-bond acceptors (Lipinski definition) is 6. The van der Waals surface area contributed by atoms with Crippen molar-refractivity contribution in [2.75, 3.05) is 6.61 Å². The molecule has 4 aromatic rings. The van der Waals surface area contributed by atoms with Crippen molar-refractivity contribution in [3.63, 3.8) is 0 Å². The molecule has 164 valence electrons. The number of rotatable bonds is 10. The second-order valence-electron chi connectivity index (χ2n) is 7.47. The van der Waals surface area contributed by atoms with Crippen LogP contribution in [0.3, 0.4) is 0 Å². The molecule has 4 rings (SSSR count). The van der Waals surface area contributed by atoms with Crippen LogP contribution in [-0.2, 0) is 16.1 Å². The molecule has 0 atom stereocenters. The summed E-state index contributed by atoms with van der Waals surface area (Å²) in [5, 5.41) is 12.1. The summed E-state index contributed by atoms with van der Waals surface area (Å²) in [6.07, 6.45) is 6.99. The largest absolute Gasteiger partial charge is 0.463 e. The number of para-hydroxylation sites is 1. The van der Waals surface area contributed by atoms with Gasteiger partial charge >= 0.3 is 5.97 Å². The summed E-state index contributed by atoms with van der Waals surface area (Å²) in [6, 6.07) is 12.5. The van der Waals surface area contributed by atoms with Crippen molar-refractivity contribution in [3.05, 3.63) is 71.4 Å². The molecule has 0 fully saturated rings. The van der Waals surface area contributed by atoms with Crippen LogP contribution in [-0.4, -0.2) is 27.1 Å². The SMILES string of the molecule is C=CC(=O)OCCCCCCn1cc(-c2nc3ccc([N+](=O)[O-])cc3o2)c2ccccc21. The third-order valence-corrected chi connectivity index (χ3v) is 5.31. The summed E-state index contributed by atoms with van der Waals surface area (Å²) >= 11 is 0. The molecule has 0 aliphatic carbocycles. The number of benzene rings is 2. The number of aryl methyl sites for hydroxylation is 1. The van der Waals surface area contributed by atoms with Gasteiger partial charge in [-0.05, 0) is 31.4 Å². The minimum Gasteiger partial charge on any atom is -0.463 e. The van der Waals surface area contributed by atoms with Crippen molar-refractivity contribution in [1.29, 1.82) is 0 Å². The molecule has 2 aromatic heterocycles. The highest BCUT2D eigenvalue weighted by Gasteiger charge is 2.17. The number of fused-ring (bicyclic) bond motifs is 2. The Labute approximate surface area is 184 Å². The average molecular weight is 433 g/mol. The Bertz CT molecular complexity index is 1290. The Balaban J connectivity index is 1.48. The first-order chi connectivity index (χ1) is 15.6. The fourth-order valence-corrected chi connectivity index (χ4v) is 3.71. The van der Waals surface area contributed by atoms with E-state index in [1.54, 1.807) is 6.07 Å². The van der Waals surface area contributed by atoms with Crippen LogP contribution in [0.15, 0.2) is 65.7 Å². The third kappa shape index (κ3) is 4.54. The van der Waals surface area contributed by atoms with Gasteiger partial charge in [0.1, 0.15) is 5.52 Å². The van der Waals surface area contributed by atoms with Crippen LogP contribution in [0.2, 0.25) is 0 Å². The standard InChI is InChI=1S/C24H23N3O5/c1-2-23(28)31-14-8-4-3-7-13-26-16-19(18-9-5-6-10-21(18)26)24-25-20-12-11-17(27(29)30)15-22(20)32-24/h2,5-6,9-12,15-16H,1,3-4,7-8,13-14H2. The molecule has 0 N–H and O–H groups in total. The number of carbonyl (C=O) groups is 1. The zero-order valence-corrected chi connectivity index (χ0v) is 17.5. The van der Waals surface area contributed by atoms with Crippen molar-refractivity contribution < 1.29 is 18.9 Å². The first-order valence-corrected chi connectivity index (χ1v) is 10.5. The quantitative estimate of drug-likeness (QED) is 0.105. The van der Waals surface area contributed by atoms with Gasteiger partial charge in [0.15, 0.2) is 5.58 Å². The van der Waals surface area contributed by atoms with Crippen LogP contribution in [0.1, 0.15) is 25.7 Å². The Kier molecular flexibility index (Phi) is 6.30. The van der Waals surface area contributed by atoms with Crippen LogP contribution in [0, 0.1) is 10.1 Å². The molecule has 2 aromatic carbocycles. The van der Waals surface area contributed by atoms with E-state index in [9.17, 15) is 14.9 Å². The van der Waals surface area contributed by atoms with Crippen LogP contribution in [0.5, 0.6) is 0 Å². The van der Waals surface area contributed by atoms with Gasteiger partial charge in [-0.25, -0.2) is 9.78 Å². The molecule has 0 amide bonds. The number of esters is 1. The second-order valence-corrected chi connectivity index (χ2v) is 7.47. The highest BCUT2D eigenvalue weighted by atomic mass is 16.6. The first-order valence-electron chi connectivity index (χ1n) is 10.5. The average Bonchev–Trinajstić information content (AvgIpc) is 3.39. The molecule has 0 bridgehead atoms. The summed E-state index contributed by atoms with van der Waals surface area (Å²) < 4.78 is 13.1. The Hall–Kier alpha value is -3.94. The van der Waals surface area contributed by atoms with Crippen LogP contribution >= 0.6 is 0 Å². The van der Waals surface area contributed by atoms with E-state index in [4.69, 9.17) is 9.15 Å². The highest BCUT2D eigenvalue weighted by molar-refractivity contribution is 5.95. The molecule has 0 saturated heterocycles. The van der Waals surface area contributed by atoms with Gasteiger partial charge in [-0.3, -0.25) is 10.1 Å². The first kappa shape index (κ1) is 21.3. The van der Waals surface area contributed by atoms with Gasteiger partial charge in [0.2, 0.25) is 5.89 Å². The van der Waals surface area contributed by atoms with E-state index in [1.165, 1.54) is 18.2 Å². The smallest absolute Gasteiger partial charge is 0.330 e. The third-order valence-electron chi connectivity index (χ3n) is 5.31. The Morgan fingerprint density at radius 3 is 2.81 bits per heavy atom. The van der Waals surface area contributed by atoms with Crippen molar-refractivity contribution in [1.82, 2.24) is 9.55 Å². The molecule has 0 unspecified atom stereocenters. The fourth-order valence-electron chi connectivity index (χ4n) is 3.71. The molecule has 0 radical (unpaired) electrons. The van der Waals surface area contributed by atoms with E-state index in [2.05, 4.69) is 22.2 Å². The summed E-state index contributed by atoms with van der Waals surface area (Å²) in [7, 11) is 0. The lowest BCUT2D eigenvalue weighted by molar-refractivity contribution is -0.384. The molecule has 0 aliphatic heterocycles. The Morgan fingerprint density at radius 1 is 1.19 bits per heavy atom. The number of non-ortho nitro benzene ring substituents is 1. The van der Waals surface area contributed by atoms with Gasteiger partial charge in [-0.1, -0.05) is 31.2 Å². The lowest BCUT2D eigenvalue weighted by Gasteiger charge is -2.05. The van der Waals surface area contributed by atoms with E-state index < -0.39 is 4.92 Å². The number of nitro groups is 1. The number of hydrogen-bond donors (Lipinski definition) is 0. The molecule has 32 heavy (non-hydrogen) atoms. The van der Waals surface area contributed by atoms with Crippen molar-refractivity contribution >= 4 is 33.7 Å². The van der Waals surface area contributed by atoms with Crippen LogP contribution < -0.4 is 0 Å². The number of oxazole rings is 1. The zero-order valence-electron chi connectivity index (χ0n) is 17.5. The van der Waals surface area contributed by atoms with E-state index in [-0.39, 0.29) is 11.7 Å². The summed E-state index contributed by atoms with van der Waals surface area (Å²) in [4.78, 5) is 26.2. The van der Waals surface area contributed by atoms with E-state index in [1.807, 2.05) is 24.4 Å².